The van der Waals surface area contributed by atoms with Crippen LogP contribution in [0.5, 0.6) is 0 Å². The van der Waals surface area contributed by atoms with Crippen LogP contribution in [0.2, 0.25) is 0 Å². The van der Waals surface area contributed by atoms with Crippen molar-refractivity contribution in [3.63, 3.8) is 0 Å². The molecule has 1 unspecified atom stereocenters. The van der Waals surface area contributed by atoms with Crippen LogP contribution in [0.4, 0.5) is 13.2 Å². The Morgan fingerprint density at radius 2 is 1.81 bits per heavy atom. The Balaban J connectivity index is 2.48. The van der Waals surface area contributed by atoms with Crippen LogP contribution in [0.25, 0.3) is 0 Å². The Labute approximate surface area is 99.8 Å². The fraction of sp³-hybridized carbons (Fsp3) is 0.364. The van der Waals surface area contributed by atoms with E-state index >= 15 is 0 Å². The molecule has 0 N–H and O–H groups in total. The highest BCUT2D eigenvalue weighted by Gasteiger charge is 2.41. The molecule has 0 radical (unpaired) electrons. The number of alkyl halides is 4. The molecular formula is C11H10BrF3O. The van der Waals surface area contributed by atoms with Crippen molar-refractivity contribution in [2.24, 2.45) is 0 Å². The number of halogens is 4. The third kappa shape index (κ3) is 3.96. The Kier molecular flexibility index (Phi) is 4.53. The third-order valence-corrected chi connectivity index (χ3v) is 2.97. The summed E-state index contributed by atoms with van der Waals surface area (Å²) in [5.41, 5.74) is 0.918. The van der Waals surface area contributed by atoms with Gasteiger partial charge in [-0.2, -0.15) is 13.2 Å². The van der Waals surface area contributed by atoms with Crippen molar-refractivity contribution in [3.8, 4) is 0 Å². The van der Waals surface area contributed by atoms with Gasteiger partial charge in [0.15, 0.2) is 0 Å². The van der Waals surface area contributed by atoms with Crippen molar-refractivity contribution in [3.05, 3.63) is 35.9 Å². The molecule has 1 aromatic carbocycles. The van der Waals surface area contributed by atoms with Crippen LogP contribution >= 0.6 is 15.9 Å². The summed E-state index contributed by atoms with van der Waals surface area (Å²) in [4.78, 5) is 9.65. The number of ketones is 1. The summed E-state index contributed by atoms with van der Waals surface area (Å²) in [5, 5.41) is 0. The van der Waals surface area contributed by atoms with E-state index < -0.39 is 16.8 Å². The number of hydrogen-bond acceptors (Lipinski definition) is 1. The van der Waals surface area contributed by atoms with Crippen molar-refractivity contribution in [1.29, 1.82) is 0 Å². The molecule has 16 heavy (non-hydrogen) atoms. The first-order chi connectivity index (χ1) is 7.41. The smallest absolute Gasteiger partial charge is 0.288 e. The molecule has 0 aliphatic heterocycles. The van der Waals surface area contributed by atoms with E-state index in [-0.39, 0.29) is 6.42 Å². The molecule has 1 atom stereocenters. The lowest BCUT2D eigenvalue weighted by molar-refractivity contribution is -0.170. The average molecular weight is 295 g/mol. The monoisotopic (exact) mass is 294 g/mol. The summed E-state index contributed by atoms with van der Waals surface area (Å²) in [7, 11) is 0. The third-order valence-electron chi connectivity index (χ3n) is 2.09. The number of aryl methyl sites for hydroxylation is 1. The Morgan fingerprint density at radius 1 is 1.25 bits per heavy atom. The van der Waals surface area contributed by atoms with E-state index in [0.29, 0.717) is 6.42 Å². The van der Waals surface area contributed by atoms with Crippen LogP contribution in [-0.4, -0.2) is 16.8 Å². The standard InChI is InChI=1S/C11H10BrF3O/c12-9(10(16)11(13,14)15)7-6-8-4-2-1-3-5-8/h1-5,9H,6-7H2. The lowest BCUT2D eigenvalue weighted by Gasteiger charge is -2.11. The van der Waals surface area contributed by atoms with Crippen molar-refractivity contribution in [1.82, 2.24) is 0 Å². The van der Waals surface area contributed by atoms with Crippen molar-refractivity contribution < 1.29 is 18.0 Å². The van der Waals surface area contributed by atoms with Crippen molar-refractivity contribution in [2.45, 2.75) is 23.8 Å². The molecule has 1 aromatic rings. The maximum atomic E-state index is 12.0. The lowest BCUT2D eigenvalue weighted by Crippen LogP contribution is -2.31. The molecular weight excluding hydrogens is 285 g/mol. The molecule has 0 spiro atoms. The number of Topliss-reactive ketones (excluding diaryl/α,β-unsaturated/α-hetero) is 1. The highest BCUT2D eigenvalue weighted by atomic mass is 79.9. The molecule has 0 aliphatic rings. The highest BCUT2D eigenvalue weighted by Crippen LogP contribution is 2.24. The second-order valence-electron chi connectivity index (χ2n) is 3.35. The Hall–Kier alpha value is -0.840. The first kappa shape index (κ1) is 13.2. The van der Waals surface area contributed by atoms with E-state index in [0.717, 1.165) is 5.56 Å². The zero-order valence-corrected chi connectivity index (χ0v) is 9.88. The summed E-state index contributed by atoms with van der Waals surface area (Å²) in [5.74, 6) is -1.72. The van der Waals surface area contributed by atoms with Crippen LogP contribution in [0.3, 0.4) is 0 Å². The minimum Gasteiger partial charge on any atom is -0.288 e. The quantitative estimate of drug-likeness (QED) is 0.777. The lowest BCUT2D eigenvalue weighted by atomic mass is 10.1. The molecule has 0 fully saturated rings. The van der Waals surface area contributed by atoms with Gasteiger partial charge in [-0.25, -0.2) is 0 Å². The molecule has 0 saturated carbocycles. The van der Waals surface area contributed by atoms with E-state index in [9.17, 15) is 18.0 Å². The van der Waals surface area contributed by atoms with Crippen molar-refractivity contribution >= 4 is 21.7 Å². The van der Waals surface area contributed by atoms with E-state index in [1.807, 2.05) is 30.3 Å². The Morgan fingerprint density at radius 3 is 2.31 bits per heavy atom. The van der Waals surface area contributed by atoms with Crippen LogP contribution in [0.1, 0.15) is 12.0 Å². The van der Waals surface area contributed by atoms with E-state index in [1.54, 1.807) is 0 Å². The topological polar surface area (TPSA) is 17.1 Å². The second kappa shape index (κ2) is 5.48. The fourth-order valence-electron chi connectivity index (χ4n) is 1.25. The van der Waals surface area contributed by atoms with E-state index in [4.69, 9.17) is 0 Å². The van der Waals surface area contributed by atoms with Crippen LogP contribution in [-0.2, 0) is 11.2 Å². The first-order valence-corrected chi connectivity index (χ1v) is 5.62. The highest BCUT2D eigenvalue weighted by molar-refractivity contribution is 9.10. The van der Waals surface area contributed by atoms with Gasteiger partial charge in [-0.3, -0.25) is 4.79 Å². The van der Waals surface area contributed by atoms with Gasteiger partial charge in [-0.1, -0.05) is 46.3 Å². The predicted molar refractivity (Wildman–Crippen MR) is 58.5 cm³/mol. The molecule has 0 aromatic heterocycles. The van der Waals surface area contributed by atoms with Gasteiger partial charge in [-0.15, -0.1) is 0 Å². The Bertz CT molecular complexity index is 348. The van der Waals surface area contributed by atoms with Gasteiger partial charge in [-0.05, 0) is 18.4 Å². The SMILES string of the molecule is O=C(C(Br)CCc1ccccc1)C(F)(F)F. The summed E-state index contributed by atoms with van der Waals surface area (Å²) in [6.45, 7) is 0. The van der Waals surface area contributed by atoms with E-state index in [2.05, 4.69) is 15.9 Å². The van der Waals surface area contributed by atoms with Gasteiger partial charge >= 0.3 is 6.18 Å². The molecule has 0 bridgehead atoms. The maximum Gasteiger partial charge on any atom is 0.451 e. The number of rotatable bonds is 4. The second-order valence-corrected chi connectivity index (χ2v) is 4.46. The van der Waals surface area contributed by atoms with Gasteiger partial charge in [0.2, 0.25) is 5.78 Å². The summed E-state index contributed by atoms with van der Waals surface area (Å²) in [6, 6.07) is 9.08. The number of carbonyl (C=O) groups is 1. The minimum atomic E-state index is -4.76. The molecule has 5 heteroatoms. The zero-order valence-electron chi connectivity index (χ0n) is 8.30. The normalized spacial score (nSPS) is 13.5. The summed E-state index contributed by atoms with van der Waals surface area (Å²) in [6.07, 6.45) is -4.17. The average Bonchev–Trinajstić information content (AvgIpc) is 2.25. The largest absolute Gasteiger partial charge is 0.451 e. The molecule has 1 nitrogen and oxygen atoms in total. The molecule has 88 valence electrons. The van der Waals surface area contributed by atoms with Crippen LogP contribution in [0.15, 0.2) is 30.3 Å². The first-order valence-electron chi connectivity index (χ1n) is 4.70. The molecule has 0 heterocycles. The van der Waals surface area contributed by atoms with Crippen molar-refractivity contribution in [2.75, 3.05) is 0 Å². The van der Waals surface area contributed by atoms with Gasteiger partial charge in [0.25, 0.3) is 0 Å². The van der Waals surface area contributed by atoms with Gasteiger partial charge in [0.05, 0.1) is 4.83 Å². The van der Waals surface area contributed by atoms with Crippen LogP contribution < -0.4 is 0 Å². The van der Waals surface area contributed by atoms with Gasteiger partial charge in [0.1, 0.15) is 0 Å². The molecule has 0 aliphatic carbocycles. The van der Waals surface area contributed by atoms with E-state index in [1.165, 1.54) is 0 Å². The number of benzene rings is 1. The molecule has 0 amide bonds. The summed E-state index contributed by atoms with van der Waals surface area (Å²) < 4.78 is 36.1. The summed E-state index contributed by atoms with van der Waals surface area (Å²) >= 11 is 2.77. The zero-order chi connectivity index (χ0) is 12.2. The van der Waals surface area contributed by atoms with Crippen LogP contribution in [0, 0.1) is 0 Å². The fourth-order valence-corrected chi connectivity index (χ4v) is 1.74. The molecule has 0 saturated heterocycles. The van der Waals surface area contributed by atoms with Gasteiger partial charge in [0, 0.05) is 0 Å². The van der Waals surface area contributed by atoms with Gasteiger partial charge < -0.3 is 0 Å². The molecule has 1 rings (SSSR count). The number of carbonyl (C=O) groups excluding carboxylic acids is 1. The predicted octanol–water partition coefficient (Wildman–Crippen LogP) is 3.51. The minimum absolute atomic E-state index is 0.141. The maximum absolute atomic E-state index is 12.0. The number of hydrogen-bond donors (Lipinski definition) is 0.